The predicted octanol–water partition coefficient (Wildman–Crippen LogP) is 3.87. The summed E-state index contributed by atoms with van der Waals surface area (Å²) in [6.45, 7) is 0.964. The highest BCUT2D eigenvalue weighted by Crippen LogP contribution is 2.35. The van der Waals surface area contributed by atoms with Gasteiger partial charge in [0, 0.05) is 30.4 Å². The fourth-order valence-corrected chi connectivity index (χ4v) is 3.67. The number of benzene rings is 1. The number of aromatic nitrogens is 3. The zero-order chi connectivity index (χ0) is 16.7. The molecule has 0 bridgehead atoms. The summed E-state index contributed by atoms with van der Waals surface area (Å²) in [6, 6.07) is 5.85. The number of fused-ring (bicyclic) bond motifs is 1. The lowest BCUT2D eigenvalue weighted by Crippen LogP contribution is -2.39. The van der Waals surface area contributed by atoms with Gasteiger partial charge in [0.25, 0.3) is 0 Å². The second kappa shape index (κ2) is 6.24. The van der Waals surface area contributed by atoms with E-state index in [1.807, 2.05) is 23.9 Å². The van der Waals surface area contributed by atoms with E-state index in [0.29, 0.717) is 15.6 Å². The Bertz CT molecular complexity index is 878. The lowest BCUT2D eigenvalue weighted by Gasteiger charge is -2.26. The van der Waals surface area contributed by atoms with Gasteiger partial charge in [-0.2, -0.15) is 0 Å². The molecule has 1 saturated heterocycles. The molecule has 3 aromatic rings. The molecule has 0 unspecified atom stereocenters. The van der Waals surface area contributed by atoms with E-state index in [9.17, 15) is 0 Å². The number of nitrogens with one attached hydrogen (secondary N) is 1. The number of halogens is 2. The average molecular weight is 362 g/mol. The van der Waals surface area contributed by atoms with Crippen molar-refractivity contribution in [3.63, 3.8) is 0 Å². The minimum atomic E-state index is 0.281. The van der Waals surface area contributed by atoms with E-state index in [-0.39, 0.29) is 6.17 Å². The van der Waals surface area contributed by atoms with E-state index >= 15 is 0 Å². The maximum Gasteiger partial charge on any atom is 0.132 e. The molecule has 1 N–H and O–H groups in total. The molecule has 0 spiro atoms. The minimum absolute atomic E-state index is 0.281. The SMILES string of the molecule is CN[C@@H]1CCCN1c1cc(-n2ccnc2)c2ccc(Cl)c(Cl)c2n1. The first kappa shape index (κ1) is 15.7. The largest absolute Gasteiger partial charge is 0.341 e. The molecular weight excluding hydrogens is 345 g/mol. The molecule has 1 aliphatic heterocycles. The minimum Gasteiger partial charge on any atom is -0.341 e. The van der Waals surface area contributed by atoms with Crippen LogP contribution in [0.25, 0.3) is 16.6 Å². The third kappa shape index (κ3) is 2.53. The molecule has 1 aliphatic rings. The lowest BCUT2D eigenvalue weighted by atomic mass is 10.1. The highest BCUT2D eigenvalue weighted by molar-refractivity contribution is 6.45. The summed E-state index contributed by atoms with van der Waals surface area (Å²) in [5, 5.41) is 5.29. The average Bonchev–Trinajstić information content (AvgIpc) is 3.28. The zero-order valence-electron chi connectivity index (χ0n) is 13.2. The van der Waals surface area contributed by atoms with Crippen molar-refractivity contribution >= 4 is 39.9 Å². The summed E-state index contributed by atoms with van der Waals surface area (Å²) >= 11 is 12.7. The summed E-state index contributed by atoms with van der Waals surface area (Å²) in [4.78, 5) is 11.3. The third-order valence-corrected chi connectivity index (χ3v) is 5.29. The summed E-state index contributed by atoms with van der Waals surface area (Å²) in [6.07, 6.45) is 7.97. The van der Waals surface area contributed by atoms with Crippen LogP contribution < -0.4 is 10.2 Å². The Balaban J connectivity index is 1.97. The van der Waals surface area contributed by atoms with Gasteiger partial charge >= 0.3 is 0 Å². The van der Waals surface area contributed by atoms with Crippen LogP contribution >= 0.6 is 23.2 Å². The number of nitrogens with zero attached hydrogens (tertiary/aromatic N) is 4. The molecule has 4 rings (SSSR count). The van der Waals surface area contributed by atoms with Crippen molar-refractivity contribution in [2.24, 2.45) is 0 Å². The van der Waals surface area contributed by atoms with Crippen molar-refractivity contribution in [2.45, 2.75) is 19.0 Å². The van der Waals surface area contributed by atoms with Crippen molar-refractivity contribution in [1.82, 2.24) is 19.9 Å². The van der Waals surface area contributed by atoms with Crippen LogP contribution in [0.15, 0.2) is 36.9 Å². The maximum absolute atomic E-state index is 6.45. The fourth-order valence-electron chi connectivity index (χ4n) is 3.31. The molecule has 2 aromatic heterocycles. The van der Waals surface area contributed by atoms with E-state index in [1.54, 1.807) is 18.6 Å². The highest BCUT2D eigenvalue weighted by Gasteiger charge is 2.25. The van der Waals surface area contributed by atoms with Crippen LogP contribution in [0.2, 0.25) is 10.0 Å². The Labute approximate surface area is 150 Å². The summed E-state index contributed by atoms with van der Waals surface area (Å²) < 4.78 is 1.97. The maximum atomic E-state index is 6.45. The number of imidazole rings is 1. The van der Waals surface area contributed by atoms with Crippen molar-refractivity contribution < 1.29 is 0 Å². The van der Waals surface area contributed by atoms with E-state index in [0.717, 1.165) is 36.3 Å². The topological polar surface area (TPSA) is 46.0 Å². The number of rotatable bonds is 3. The number of anilines is 1. The molecule has 0 aliphatic carbocycles. The Kier molecular flexibility index (Phi) is 4.08. The van der Waals surface area contributed by atoms with Gasteiger partial charge in [-0.3, -0.25) is 0 Å². The first-order valence-electron chi connectivity index (χ1n) is 7.90. The molecule has 24 heavy (non-hydrogen) atoms. The van der Waals surface area contributed by atoms with Crippen LogP contribution in [0, 0.1) is 0 Å². The van der Waals surface area contributed by atoms with Gasteiger partial charge < -0.3 is 14.8 Å². The molecule has 7 heteroatoms. The fraction of sp³-hybridized carbons (Fsp3) is 0.294. The number of hydrogen-bond acceptors (Lipinski definition) is 4. The van der Waals surface area contributed by atoms with E-state index < -0.39 is 0 Å². The molecular formula is C17H17Cl2N5. The number of hydrogen-bond donors (Lipinski definition) is 1. The molecule has 0 radical (unpaired) electrons. The molecule has 0 amide bonds. The highest BCUT2D eigenvalue weighted by atomic mass is 35.5. The second-order valence-corrected chi connectivity index (χ2v) is 6.65. The normalized spacial score (nSPS) is 17.8. The standard InChI is InChI=1S/C17H17Cl2N5/c1-20-14-3-2-7-24(14)15-9-13(23-8-6-21-10-23)11-4-5-12(18)16(19)17(11)22-15/h4-6,8-10,14,20H,2-3,7H2,1H3/t14-/m0/s1. The smallest absolute Gasteiger partial charge is 0.132 e. The second-order valence-electron chi connectivity index (χ2n) is 5.87. The monoisotopic (exact) mass is 361 g/mol. The summed E-state index contributed by atoms with van der Waals surface area (Å²) in [7, 11) is 1.98. The Morgan fingerprint density at radius 2 is 2.17 bits per heavy atom. The molecule has 1 fully saturated rings. The van der Waals surface area contributed by atoms with Crippen LogP contribution in [0.1, 0.15) is 12.8 Å². The molecule has 3 heterocycles. The van der Waals surface area contributed by atoms with Gasteiger partial charge in [-0.15, -0.1) is 0 Å². The molecule has 1 atom stereocenters. The van der Waals surface area contributed by atoms with Gasteiger partial charge in [0.15, 0.2) is 0 Å². The van der Waals surface area contributed by atoms with Crippen LogP contribution in [0.4, 0.5) is 5.82 Å². The third-order valence-electron chi connectivity index (χ3n) is 4.50. The van der Waals surface area contributed by atoms with Gasteiger partial charge in [0.2, 0.25) is 0 Å². The first-order chi connectivity index (χ1) is 11.7. The molecule has 0 saturated carbocycles. The van der Waals surface area contributed by atoms with Gasteiger partial charge in [-0.25, -0.2) is 9.97 Å². The van der Waals surface area contributed by atoms with Crippen LogP contribution in [0.5, 0.6) is 0 Å². The van der Waals surface area contributed by atoms with Crippen molar-refractivity contribution in [3.05, 3.63) is 47.0 Å². The first-order valence-corrected chi connectivity index (χ1v) is 8.65. The van der Waals surface area contributed by atoms with E-state index in [4.69, 9.17) is 28.2 Å². The molecule has 1 aromatic carbocycles. The Hall–Kier alpha value is -1.82. The zero-order valence-corrected chi connectivity index (χ0v) is 14.7. The van der Waals surface area contributed by atoms with Crippen LogP contribution in [-0.4, -0.2) is 34.3 Å². The van der Waals surface area contributed by atoms with Gasteiger partial charge in [0.05, 0.1) is 33.7 Å². The van der Waals surface area contributed by atoms with Crippen molar-refractivity contribution in [2.75, 3.05) is 18.5 Å². The molecule has 124 valence electrons. The van der Waals surface area contributed by atoms with Gasteiger partial charge in [-0.1, -0.05) is 23.2 Å². The van der Waals surface area contributed by atoms with Crippen molar-refractivity contribution in [1.29, 1.82) is 0 Å². The Morgan fingerprint density at radius 3 is 2.92 bits per heavy atom. The quantitative estimate of drug-likeness (QED) is 0.768. The number of pyridine rings is 1. The van der Waals surface area contributed by atoms with E-state index in [1.165, 1.54) is 0 Å². The molecule has 5 nitrogen and oxygen atoms in total. The lowest BCUT2D eigenvalue weighted by molar-refractivity contribution is 0.579. The summed E-state index contributed by atoms with van der Waals surface area (Å²) in [5.41, 5.74) is 1.71. The predicted molar refractivity (Wildman–Crippen MR) is 98.3 cm³/mol. The van der Waals surface area contributed by atoms with Crippen molar-refractivity contribution in [3.8, 4) is 5.69 Å². The van der Waals surface area contributed by atoms with E-state index in [2.05, 4.69) is 21.3 Å². The van der Waals surface area contributed by atoms with Gasteiger partial charge in [0.1, 0.15) is 5.82 Å². The van der Waals surface area contributed by atoms with Gasteiger partial charge in [-0.05, 0) is 32.0 Å². The Morgan fingerprint density at radius 1 is 1.29 bits per heavy atom. The van der Waals surface area contributed by atoms with Crippen LogP contribution in [-0.2, 0) is 0 Å². The summed E-state index contributed by atoms with van der Waals surface area (Å²) in [5.74, 6) is 0.896. The van der Waals surface area contributed by atoms with Crippen LogP contribution in [0.3, 0.4) is 0 Å².